The highest BCUT2D eigenvalue weighted by Gasteiger charge is 2.11. The maximum atomic E-state index is 11.4. The summed E-state index contributed by atoms with van der Waals surface area (Å²) in [7, 11) is -1.54. The molecule has 18 heavy (non-hydrogen) atoms. The molecule has 0 bridgehead atoms. The van der Waals surface area contributed by atoms with E-state index in [-0.39, 0.29) is 18.1 Å². The minimum Gasteiger partial charge on any atom is -0.496 e. The van der Waals surface area contributed by atoms with Crippen molar-refractivity contribution in [3.05, 3.63) is 28.2 Å². The standard InChI is InChI=1S/C12H17BrO4S/c1-17-12-9-11(13)5-4-10(12)3-2-7-18(15,16)8-6-14/h4-5,9,14H,2-3,6-8H2,1H3. The summed E-state index contributed by atoms with van der Waals surface area (Å²) in [6.07, 6.45) is 1.17. The molecule has 0 aromatic heterocycles. The van der Waals surface area contributed by atoms with E-state index in [1.165, 1.54) is 0 Å². The van der Waals surface area contributed by atoms with Crippen molar-refractivity contribution < 1.29 is 18.3 Å². The second-order valence-corrected chi connectivity index (χ2v) is 7.15. The van der Waals surface area contributed by atoms with Gasteiger partial charge in [0.05, 0.1) is 25.2 Å². The van der Waals surface area contributed by atoms with Crippen molar-refractivity contribution in [1.29, 1.82) is 0 Å². The Kier molecular flexibility index (Phi) is 6.11. The van der Waals surface area contributed by atoms with Crippen molar-refractivity contribution in [2.24, 2.45) is 0 Å². The Morgan fingerprint density at radius 1 is 1.33 bits per heavy atom. The molecule has 1 N–H and O–H groups in total. The van der Waals surface area contributed by atoms with Gasteiger partial charge in [-0.05, 0) is 30.5 Å². The van der Waals surface area contributed by atoms with Crippen molar-refractivity contribution in [3.63, 3.8) is 0 Å². The zero-order chi connectivity index (χ0) is 13.6. The van der Waals surface area contributed by atoms with Gasteiger partial charge in [-0.3, -0.25) is 0 Å². The molecule has 1 rings (SSSR count). The average Bonchev–Trinajstić information content (AvgIpc) is 2.30. The topological polar surface area (TPSA) is 63.6 Å². The van der Waals surface area contributed by atoms with Gasteiger partial charge in [0.2, 0.25) is 0 Å². The van der Waals surface area contributed by atoms with Gasteiger partial charge in [-0.15, -0.1) is 0 Å². The molecule has 0 saturated heterocycles. The molecule has 4 nitrogen and oxygen atoms in total. The molecule has 0 fully saturated rings. The normalized spacial score (nSPS) is 11.5. The Morgan fingerprint density at radius 3 is 2.67 bits per heavy atom. The SMILES string of the molecule is COc1cc(Br)ccc1CCCS(=O)(=O)CCO. The Balaban J connectivity index is 2.59. The molecular weight excluding hydrogens is 320 g/mol. The van der Waals surface area contributed by atoms with E-state index in [1.807, 2.05) is 18.2 Å². The minimum atomic E-state index is -3.13. The van der Waals surface area contributed by atoms with E-state index in [0.29, 0.717) is 12.8 Å². The zero-order valence-electron chi connectivity index (χ0n) is 10.2. The lowest BCUT2D eigenvalue weighted by atomic mass is 10.1. The van der Waals surface area contributed by atoms with E-state index in [4.69, 9.17) is 9.84 Å². The Labute approximate surface area is 116 Å². The Morgan fingerprint density at radius 2 is 2.06 bits per heavy atom. The maximum absolute atomic E-state index is 11.4. The zero-order valence-corrected chi connectivity index (χ0v) is 12.6. The fraction of sp³-hybridized carbons (Fsp3) is 0.500. The fourth-order valence-corrected chi connectivity index (χ4v) is 3.06. The minimum absolute atomic E-state index is 0.0901. The summed E-state index contributed by atoms with van der Waals surface area (Å²) in [6.45, 7) is -0.316. The van der Waals surface area contributed by atoms with Crippen molar-refractivity contribution in [1.82, 2.24) is 0 Å². The monoisotopic (exact) mass is 336 g/mol. The highest BCUT2D eigenvalue weighted by Crippen LogP contribution is 2.24. The summed E-state index contributed by atoms with van der Waals surface area (Å²) in [4.78, 5) is 0. The molecule has 0 aliphatic heterocycles. The first-order valence-corrected chi connectivity index (χ1v) is 8.23. The van der Waals surface area contributed by atoms with Crippen LogP contribution in [0.25, 0.3) is 0 Å². The van der Waals surface area contributed by atoms with Gasteiger partial charge >= 0.3 is 0 Å². The molecule has 0 unspecified atom stereocenters. The van der Waals surface area contributed by atoms with Crippen LogP contribution in [0, 0.1) is 0 Å². The number of rotatable bonds is 7. The Hall–Kier alpha value is -0.590. The largest absolute Gasteiger partial charge is 0.496 e. The van der Waals surface area contributed by atoms with Gasteiger partial charge in [-0.2, -0.15) is 0 Å². The van der Waals surface area contributed by atoms with Gasteiger partial charge in [-0.1, -0.05) is 22.0 Å². The summed E-state index contributed by atoms with van der Waals surface area (Å²) in [6, 6.07) is 5.68. The third-order valence-corrected chi connectivity index (χ3v) is 4.76. The first-order valence-electron chi connectivity index (χ1n) is 5.62. The molecule has 0 amide bonds. The summed E-state index contributed by atoms with van der Waals surface area (Å²) in [5, 5.41) is 8.63. The first-order chi connectivity index (χ1) is 8.48. The second kappa shape index (κ2) is 7.11. The van der Waals surface area contributed by atoms with E-state index in [9.17, 15) is 8.42 Å². The van der Waals surface area contributed by atoms with Crippen LogP contribution in [0.4, 0.5) is 0 Å². The van der Waals surface area contributed by atoms with Gasteiger partial charge < -0.3 is 9.84 Å². The number of aliphatic hydroxyl groups is 1. The first kappa shape index (κ1) is 15.5. The third-order valence-electron chi connectivity index (χ3n) is 2.55. The molecule has 0 radical (unpaired) electrons. The molecular formula is C12H17BrO4S. The van der Waals surface area contributed by atoms with Gasteiger partial charge in [-0.25, -0.2) is 8.42 Å². The molecule has 0 heterocycles. The van der Waals surface area contributed by atoms with E-state index in [0.717, 1.165) is 15.8 Å². The van der Waals surface area contributed by atoms with Gasteiger partial charge in [0.25, 0.3) is 0 Å². The predicted octanol–water partition coefficient (Wildman–Crippen LogP) is 1.80. The smallest absolute Gasteiger partial charge is 0.152 e. The maximum Gasteiger partial charge on any atom is 0.152 e. The molecule has 6 heteroatoms. The van der Waals surface area contributed by atoms with Crippen LogP contribution < -0.4 is 4.74 Å². The summed E-state index contributed by atoms with van der Waals surface area (Å²) in [5.41, 5.74) is 0.986. The number of methoxy groups -OCH3 is 1. The van der Waals surface area contributed by atoms with Crippen LogP contribution in [0.3, 0.4) is 0 Å². The van der Waals surface area contributed by atoms with Gasteiger partial charge in [0, 0.05) is 4.47 Å². The van der Waals surface area contributed by atoms with Crippen molar-refractivity contribution in [2.45, 2.75) is 12.8 Å². The van der Waals surface area contributed by atoms with E-state index in [2.05, 4.69) is 15.9 Å². The van der Waals surface area contributed by atoms with E-state index in [1.54, 1.807) is 7.11 Å². The highest BCUT2D eigenvalue weighted by molar-refractivity contribution is 9.10. The van der Waals surface area contributed by atoms with Crippen LogP contribution in [0.15, 0.2) is 22.7 Å². The van der Waals surface area contributed by atoms with Crippen LogP contribution in [0.2, 0.25) is 0 Å². The van der Waals surface area contributed by atoms with Gasteiger partial charge in [0.15, 0.2) is 9.84 Å². The molecule has 1 aromatic rings. The fourth-order valence-electron chi connectivity index (χ4n) is 1.65. The van der Waals surface area contributed by atoms with Crippen LogP contribution in [0.5, 0.6) is 5.75 Å². The number of hydrogen-bond acceptors (Lipinski definition) is 4. The number of sulfone groups is 1. The lowest BCUT2D eigenvalue weighted by Crippen LogP contribution is -2.14. The van der Waals surface area contributed by atoms with Crippen LogP contribution in [-0.4, -0.2) is 38.7 Å². The molecule has 0 atom stereocenters. The molecule has 0 spiro atoms. The van der Waals surface area contributed by atoms with E-state index < -0.39 is 9.84 Å². The highest BCUT2D eigenvalue weighted by atomic mass is 79.9. The number of ether oxygens (including phenoxy) is 1. The van der Waals surface area contributed by atoms with Crippen LogP contribution in [-0.2, 0) is 16.3 Å². The molecule has 0 saturated carbocycles. The van der Waals surface area contributed by atoms with Crippen LogP contribution in [0.1, 0.15) is 12.0 Å². The Bertz CT molecular complexity index is 485. The lowest BCUT2D eigenvalue weighted by molar-refractivity contribution is 0.319. The van der Waals surface area contributed by atoms with E-state index >= 15 is 0 Å². The average molecular weight is 337 g/mol. The molecule has 0 aliphatic carbocycles. The summed E-state index contributed by atoms with van der Waals surface area (Å²) >= 11 is 3.35. The quantitative estimate of drug-likeness (QED) is 0.824. The van der Waals surface area contributed by atoms with Crippen LogP contribution >= 0.6 is 15.9 Å². The predicted molar refractivity (Wildman–Crippen MR) is 74.8 cm³/mol. The van der Waals surface area contributed by atoms with Crippen molar-refractivity contribution in [2.75, 3.05) is 25.2 Å². The van der Waals surface area contributed by atoms with Crippen molar-refractivity contribution >= 4 is 25.8 Å². The number of halogens is 1. The molecule has 102 valence electrons. The molecule has 1 aromatic carbocycles. The number of aliphatic hydroxyl groups excluding tert-OH is 1. The third kappa shape index (κ3) is 4.96. The number of aryl methyl sites for hydroxylation is 1. The van der Waals surface area contributed by atoms with Gasteiger partial charge in [0.1, 0.15) is 5.75 Å². The number of benzene rings is 1. The second-order valence-electron chi connectivity index (χ2n) is 3.94. The summed E-state index contributed by atoms with van der Waals surface area (Å²) < 4.78 is 29.0. The number of hydrogen-bond donors (Lipinski definition) is 1. The summed E-state index contributed by atoms with van der Waals surface area (Å²) in [5.74, 6) is 0.681. The lowest BCUT2D eigenvalue weighted by Gasteiger charge is -2.09. The van der Waals surface area contributed by atoms with Crippen molar-refractivity contribution in [3.8, 4) is 5.75 Å². The molecule has 0 aliphatic rings.